The van der Waals surface area contributed by atoms with E-state index in [1.54, 1.807) is 0 Å². The van der Waals surface area contributed by atoms with Gasteiger partial charge in [0.1, 0.15) is 0 Å². The Labute approximate surface area is 96.3 Å². The van der Waals surface area contributed by atoms with Crippen molar-refractivity contribution >= 4 is 21.6 Å². The van der Waals surface area contributed by atoms with Gasteiger partial charge in [0, 0.05) is 16.6 Å². The van der Waals surface area contributed by atoms with Crippen molar-refractivity contribution < 1.29 is 22.8 Å². The summed E-state index contributed by atoms with van der Waals surface area (Å²) < 4.78 is 41.6. The maximum absolute atomic E-state index is 12.4. The molecular formula is C8H5BrF3NO3. The second kappa shape index (κ2) is 4.28. The van der Waals surface area contributed by atoms with Crippen LogP contribution in [0.3, 0.4) is 0 Å². The lowest BCUT2D eigenvalue weighted by Gasteiger charge is -2.10. The van der Waals surface area contributed by atoms with E-state index in [0.29, 0.717) is 6.07 Å². The molecule has 1 aromatic rings. The largest absolute Gasteiger partial charge is 0.490 e. The Morgan fingerprint density at radius 3 is 2.38 bits per heavy atom. The van der Waals surface area contributed by atoms with Gasteiger partial charge < -0.3 is 4.74 Å². The summed E-state index contributed by atoms with van der Waals surface area (Å²) in [5.74, 6) is -0.232. The predicted molar refractivity (Wildman–Crippen MR) is 52.4 cm³/mol. The number of ether oxygens (including phenoxy) is 1. The molecule has 0 saturated carbocycles. The van der Waals surface area contributed by atoms with Gasteiger partial charge in [0.15, 0.2) is 5.75 Å². The minimum absolute atomic E-state index is 0.232. The van der Waals surface area contributed by atoms with Crippen LogP contribution in [0, 0.1) is 10.1 Å². The Morgan fingerprint density at radius 2 is 2.00 bits per heavy atom. The fourth-order valence-electron chi connectivity index (χ4n) is 1.07. The fraction of sp³-hybridized carbons (Fsp3) is 0.250. The molecule has 1 aromatic carbocycles. The van der Waals surface area contributed by atoms with Crippen LogP contribution in [0.25, 0.3) is 0 Å². The first-order valence-electron chi connectivity index (χ1n) is 3.86. The zero-order chi connectivity index (χ0) is 12.5. The molecular weight excluding hydrogens is 295 g/mol. The monoisotopic (exact) mass is 299 g/mol. The van der Waals surface area contributed by atoms with E-state index >= 15 is 0 Å². The molecule has 0 amide bonds. The maximum atomic E-state index is 12.4. The van der Waals surface area contributed by atoms with E-state index in [9.17, 15) is 23.3 Å². The van der Waals surface area contributed by atoms with E-state index in [2.05, 4.69) is 20.7 Å². The third-order valence-electron chi connectivity index (χ3n) is 1.77. The number of methoxy groups -OCH3 is 1. The Morgan fingerprint density at radius 1 is 1.44 bits per heavy atom. The molecule has 0 aliphatic heterocycles. The molecule has 0 saturated heterocycles. The number of alkyl halides is 3. The molecule has 0 heterocycles. The SMILES string of the molecule is COc1cc(Br)c(C(F)(F)F)cc1[N+](=O)[O-]. The van der Waals surface area contributed by atoms with Crippen LogP contribution in [0.15, 0.2) is 16.6 Å². The molecule has 0 aliphatic rings. The molecule has 4 nitrogen and oxygen atoms in total. The summed E-state index contributed by atoms with van der Waals surface area (Å²) in [4.78, 5) is 9.58. The summed E-state index contributed by atoms with van der Waals surface area (Å²) in [6.45, 7) is 0. The first kappa shape index (κ1) is 12.8. The van der Waals surface area contributed by atoms with E-state index in [0.717, 1.165) is 13.2 Å². The van der Waals surface area contributed by atoms with E-state index in [-0.39, 0.29) is 10.2 Å². The summed E-state index contributed by atoms with van der Waals surface area (Å²) in [7, 11) is 1.14. The van der Waals surface area contributed by atoms with Crippen LogP contribution in [0.1, 0.15) is 5.56 Å². The normalized spacial score (nSPS) is 11.3. The third-order valence-corrected chi connectivity index (χ3v) is 2.43. The Hall–Kier alpha value is -1.31. The number of hydrogen-bond donors (Lipinski definition) is 0. The van der Waals surface area contributed by atoms with Crippen LogP contribution in [-0.4, -0.2) is 12.0 Å². The third kappa shape index (κ3) is 2.43. The summed E-state index contributed by atoms with van der Waals surface area (Å²) >= 11 is 2.68. The van der Waals surface area contributed by atoms with Gasteiger partial charge in [-0.05, 0) is 0 Å². The van der Waals surface area contributed by atoms with Gasteiger partial charge in [-0.15, -0.1) is 0 Å². The van der Waals surface area contributed by atoms with Crippen molar-refractivity contribution in [2.24, 2.45) is 0 Å². The van der Waals surface area contributed by atoms with Crippen LogP contribution in [-0.2, 0) is 6.18 Å². The Kier molecular flexibility index (Phi) is 3.41. The number of nitro groups is 1. The van der Waals surface area contributed by atoms with Gasteiger partial charge >= 0.3 is 11.9 Å². The summed E-state index contributed by atoms with van der Waals surface area (Å²) in [5, 5.41) is 10.5. The van der Waals surface area contributed by atoms with E-state index in [1.807, 2.05) is 0 Å². The molecule has 0 aliphatic carbocycles. The van der Waals surface area contributed by atoms with Gasteiger partial charge in [0.25, 0.3) is 0 Å². The quantitative estimate of drug-likeness (QED) is 0.621. The topological polar surface area (TPSA) is 52.4 Å². The molecule has 0 bridgehead atoms. The van der Waals surface area contributed by atoms with Crippen molar-refractivity contribution in [3.05, 3.63) is 32.3 Å². The van der Waals surface area contributed by atoms with Crippen LogP contribution in [0.2, 0.25) is 0 Å². The molecule has 0 spiro atoms. The lowest BCUT2D eigenvalue weighted by atomic mass is 10.2. The van der Waals surface area contributed by atoms with Crippen molar-refractivity contribution in [3.8, 4) is 5.75 Å². The molecule has 16 heavy (non-hydrogen) atoms. The standard InChI is InChI=1S/C8H5BrF3NO3/c1-16-7-3-5(9)4(8(10,11)12)2-6(7)13(14)15/h2-3H,1H3. The average molecular weight is 300 g/mol. The molecule has 0 fully saturated rings. The van der Waals surface area contributed by atoms with Crippen LogP contribution in [0.5, 0.6) is 5.75 Å². The van der Waals surface area contributed by atoms with Gasteiger partial charge in [0.05, 0.1) is 17.6 Å². The average Bonchev–Trinajstić information content (AvgIpc) is 2.14. The first-order valence-corrected chi connectivity index (χ1v) is 4.65. The molecule has 8 heteroatoms. The molecule has 1 rings (SSSR count). The number of hydrogen-bond acceptors (Lipinski definition) is 3. The zero-order valence-corrected chi connectivity index (χ0v) is 9.42. The van der Waals surface area contributed by atoms with Crippen molar-refractivity contribution in [1.29, 1.82) is 0 Å². The first-order chi connectivity index (χ1) is 7.27. The minimum atomic E-state index is -4.66. The Balaban J connectivity index is 3.45. The molecule has 0 radical (unpaired) electrons. The van der Waals surface area contributed by atoms with Crippen molar-refractivity contribution in [2.45, 2.75) is 6.18 Å². The second-order valence-electron chi connectivity index (χ2n) is 2.76. The van der Waals surface area contributed by atoms with Crippen LogP contribution < -0.4 is 4.74 Å². The molecule has 0 unspecified atom stereocenters. The highest BCUT2D eigenvalue weighted by molar-refractivity contribution is 9.10. The summed E-state index contributed by atoms with van der Waals surface area (Å²) in [6, 6.07) is 1.35. The number of rotatable bonds is 2. The zero-order valence-electron chi connectivity index (χ0n) is 7.84. The van der Waals surface area contributed by atoms with E-state index in [4.69, 9.17) is 0 Å². The number of halogens is 4. The van der Waals surface area contributed by atoms with Gasteiger partial charge in [-0.3, -0.25) is 10.1 Å². The maximum Gasteiger partial charge on any atom is 0.417 e. The van der Waals surface area contributed by atoms with Crippen LogP contribution in [0.4, 0.5) is 18.9 Å². The number of nitrogens with zero attached hydrogens (tertiary/aromatic N) is 1. The molecule has 88 valence electrons. The predicted octanol–water partition coefficient (Wildman–Crippen LogP) is 3.38. The van der Waals surface area contributed by atoms with E-state index in [1.165, 1.54) is 0 Å². The lowest BCUT2D eigenvalue weighted by molar-refractivity contribution is -0.386. The van der Waals surface area contributed by atoms with Gasteiger partial charge in [-0.2, -0.15) is 13.2 Å². The van der Waals surface area contributed by atoms with Gasteiger partial charge in [-0.25, -0.2) is 0 Å². The van der Waals surface area contributed by atoms with E-state index < -0.39 is 22.4 Å². The van der Waals surface area contributed by atoms with Crippen molar-refractivity contribution in [1.82, 2.24) is 0 Å². The fourth-order valence-corrected chi connectivity index (χ4v) is 1.61. The van der Waals surface area contributed by atoms with Crippen molar-refractivity contribution in [2.75, 3.05) is 7.11 Å². The molecule has 0 atom stereocenters. The smallest absolute Gasteiger partial charge is 0.417 e. The number of benzene rings is 1. The highest BCUT2D eigenvalue weighted by Gasteiger charge is 2.36. The summed E-state index contributed by atoms with van der Waals surface area (Å²) in [6.07, 6.45) is -4.66. The Bertz CT molecular complexity index is 433. The van der Waals surface area contributed by atoms with Crippen molar-refractivity contribution in [3.63, 3.8) is 0 Å². The van der Waals surface area contributed by atoms with Gasteiger partial charge in [0.2, 0.25) is 0 Å². The highest BCUT2D eigenvalue weighted by Crippen LogP contribution is 2.41. The van der Waals surface area contributed by atoms with Gasteiger partial charge in [-0.1, -0.05) is 15.9 Å². The van der Waals surface area contributed by atoms with Crippen LogP contribution >= 0.6 is 15.9 Å². The summed E-state index contributed by atoms with van der Waals surface area (Å²) in [5.41, 5.74) is -1.84. The second-order valence-corrected chi connectivity index (χ2v) is 3.61. The minimum Gasteiger partial charge on any atom is -0.490 e. The highest BCUT2D eigenvalue weighted by atomic mass is 79.9. The number of nitro benzene ring substituents is 1. The molecule has 0 N–H and O–H groups in total. The molecule has 0 aromatic heterocycles. The lowest BCUT2D eigenvalue weighted by Crippen LogP contribution is -2.07.